The maximum absolute atomic E-state index is 13.5. The average molecular weight is 519 g/mol. The van der Waals surface area contributed by atoms with Gasteiger partial charge in [-0.05, 0) is 57.7 Å². The molecule has 186 valence electrons. The number of hydrogen-bond acceptors (Lipinski definition) is 5. The molecule has 0 unspecified atom stereocenters. The van der Waals surface area contributed by atoms with Crippen molar-refractivity contribution in [1.82, 2.24) is 19.1 Å². The molecule has 38 heavy (non-hydrogen) atoms. The number of nitrogens with zero attached hydrogens (tertiary/aromatic N) is 3. The molecular formula is C30H22N4O3S. The van der Waals surface area contributed by atoms with Gasteiger partial charge in [0.25, 0.3) is 5.91 Å². The molecule has 0 saturated heterocycles. The van der Waals surface area contributed by atoms with Crippen LogP contribution in [-0.4, -0.2) is 30.7 Å². The van der Waals surface area contributed by atoms with Crippen molar-refractivity contribution in [2.24, 2.45) is 0 Å². The minimum Gasteiger partial charge on any atom is -0.478 e. The third kappa shape index (κ3) is 4.65. The lowest BCUT2D eigenvalue weighted by molar-refractivity contribution is 0.0696. The van der Waals surface area contributed by atoms with Crippen LogP contribution in [0, 0.1) is 0 Å². The summed E-state index contributed by atoms with van der Waals surface area (Å²) in [5, 5.41) is 16.4. The van der Waals surface area contributed by atoms with Gasteiger partial charge < -0.3 is 14.8 Å². The quantitative estimate of drug-likeness (QED) is 0.277. The highest BCUT2D eigenvalue weighted by Gasteiger charge is 2.19. The number of carboxylic acids is 1. The number of hydrogen-bond donors (Lipinski definition) is 2. The van der Waals surface area contributed by atoms with Gasteiger partial charge in [-0.15, -0.1) is 0 Å². The van der Waals surface area contributed by atoms with Gasteiger partial charge in [0.1, 0.15) is 0 Å². The average Bonchev–Trinajstić information content (AvgIpc) is 3.62. The summed E-state index contributed by atoms with van der Waals surface area (Å²) in [4.78, 5) is 29.4. The van der Waals surface area contributed by atoms with Crippen molar-refractivity contribution in [1.29, 1.82) is 0 Å². The standard InChI is InChI=1S/C30H22N4O3S/c35-29(31-16-19-5-9-22(10-6-19)30(36)37)25-15-24(26-11-12-38-33-26)17-34-18-32-27(28(25)34)14-20-7-8-21-3-1-2-4-23(21)13-20/h1-13,15,17-18H,14,16H2,(H,31,35)(H,36,37). The van der Waals surface area contributed by atoms with Gasteiger partial charge >= 0.3 is 5.97 Å². The SMILES string of the molecule is O=C(O)c1ccc(CNC(=O)c2cc(-c3ccsn3)cn3cnc(Cc4ccc5ccccc5c4)c23)cc1. The van der Waals surface area contributed by atoms with Gasteiger partial charge in [0.05, 0.1) is 34.4 Å². The van der Waals surface area contributed by atoms with E-state index in [-0.39, 0.29) is 18.0 Å². The number of pyridine rings is 1. The largest absolute Gasteiger partial charge is 0.478 e. The first kappa shape index (κ1) is 23.6. The third-order valence-electron chi connectivity index (χ3n) is 6.52. The van der Waals surface area contributed by atoms with E-state index in [1.165, 1.54) is 29.1 Å². The zero-order valence-corrected chi connectivity index (χ0v) is 21.0. The molecule has 0 aliphatic heterocycles. The topological polar surface area (TPSA) is 96.6 Å². The van der Waals surface area contributed by atoms with Gasteiger partial charge in [-0.1, -0.05) is 54.6 Å². The summed E-state index contributed by atoms with van der Waals surface area (Å²) in [7, 11) is 0. The Balaban J connectivity index is 1.35. The van der Waals surface area contributed by atoms with Crippen molar-refractivity contribution in [2.45, 2.75) is 13.0 Å². The van der Waals surface area contributed by atoms with E-state index in [2.05, 4.69) is 40.0 Å². The summed E-state index contributed by atoms with van der Waals surface area (Å²) in [5.41, 5.74) is 5.79. The predicted molar refractivity (Wildman–Crippen MR) is 148 cm³/mol. The number of amides is 1. The van der Waals surface area contributed by atoms with E-state index in [4.69, 9.17) is 10.1 Å². The smallest absolute Gasteiger partial charge is 0.335 e. The van der Waals surface area contributed by atoms with Crippen LogP contribution < -0.4 is 5.32 Å². The van der Waals surface area contributed by atoms with Crippen molar-refractivity contribution in [3.8, 4) is 11.3 Å². The van der Waals surface area contributed by atoms with E-state index in [1.54, 1.807) is 18.5 Å². The van der Waals surface area contributed by atoms with Crippen LogP contribution in [0.3, 0.4) is 0 Å². The van der Waals surface area contributed by atoms with Gasteiger partial charge in [-0.25, -0.2) is 9.78 Å². The maximum Gasteiger partial charge on any atom is 0.335 e. The molecule has 8 heteroatoms. The number of fused-ring (bicyclic) bond motifs is 2. The lowest BCUT2D eigenvalue weighted by atomic mass is 10.0. The van der Waals surface area contributed by atoms with Gasteiger partial charge in [0.2, 0.25) is 0 Å². The molecule has 1 amide bonds. The van der Waals surface area contributed by atoms with Gasteiger partial charge in [-0.2, -0.15) is 4.37 Å². The van der Waals surface area contributed by atoms with Crippen LogP contribution in [0.4, 0.5) is 0 Å². The third-order valence-corrected chi connectivity index (χ3v) is 7.08. The fraction of sp³-hybridized carbons (Fsp3) is 0.0667. The Morgan fingerprint density at radius 3 is 2.47 bits per heavy atom. The van der Waals surface area contributed by atoms with E-state index in [0.29, 0.717) is 12.0 Å². The Kier molecular flexibility index (Phi) is 6.15. The van der Waals surface area contributed by atoms with Crippen molar-refractivity contribution in [3.05, 3.63) is 125 Å². The zero-order valence-electron chi connectivity index (χ0n) is 20.2. The number of aromatic carboxylic acids is 1. The van der Waals surface area contributed by atoms with Crippen LogP contribution in [-0.2, 0) is 13.0 Å². The van der Waals surface area contributed by atoms with Gasteiger partial charge in [0.15, 0.2) is 0 Å². The first-order valence-electron chi connectivity index (χ1n) is 12.0. The van der Waals surface area contributed by atoms with E-state index >= 15 is 0 Å². The highest BCUT2D eigenvalue weighted by molar-refractivity contribution is 7.03. The number of nitrogens with one attached hydrogen (secondary N) is 1. The number of imidazole rings is 1. The number of carboxylic acid groups (broad SMARTS) is 1. The highest BCUT2D eigenvalue weighted by Crippen LogP contribution is 2.27. The number of rotatable bonds is 7. The molecule has 6 rings (SSSR count). The van der Waals surface area contributed by atoms with Crippen molar-refractivity contribution < 1.29 is 14.7 Å². The molecule has 0 saturated carbocycles. The van der Waals surface area contributed by atoms with Gasteiger partial charge in [-0.3, -0.25) is 4.79 Å². The second-order valence-electron chi connectivity index (χ2n) is 9.02. The second-order valence-corrected chi connectivity index (χ2v) is 9.68. The van der Waals surface area contributed by atoms with Crippen molar-refractivity contribution >= 4 is 39.7 Å². The molecule has 0 spiro atoms. The molecule has 3 aromatic carbocycles. The summed E-state index contributed by atoms with van der Waals surface area (Å²) >= 11 is 1.36. The molecular weight excluding hydrogens is 496 g/mol. The monoisotopic (exact) mass is 518 g/mol. The summed E-state index contributed by atoms with van der Waals surface area (Å²) < 4.78 is 6.33. The molecule has 0 aliphatic rings. The van der Waals surface area contributed by atoms with Crippen LogP contribution in [0.25, 0.3) is 27.5 Å². The fourth-order valence-electron chi connectivity index (χ4n) is 4.59. The molecule has 0 bridgehead atoms. The van der Waals surface area contributed by atoms with E-state index in [1.807, 2.05) is 40.2 Å². The molecule has 0 fully saturated rings. The summed E-state index contributed by atoms with van der Waals surface area (Å²) in [5.74, 6) is -1.23. The molecule has 7 nitrogen and oxygen atoms in total. The Morgan fingerprint density at radius 2 is 1.71 bits per heavy atom. The zero-order chi connectivity index (χ0) is 26.1. The lowest BCUT2D eigenvalue weighted by Crippen LogP contribution is -2.23. The van der Waals surface area contributed by atoms with Crippen LogP contribution >= 0.6 is 11.5 Å². The van der Waals surface area contributed by atoms with Crippen molar-refractivity contribution in [3.63, 3.8) is 0 Å². The predicted octanol–water partition coefficient (Wildman–Crippen LogP) is 5.83. The second kappa shape index (κ2) is 9.91. The summed E-state index contributed by atoms with van der Waals surface area (Å²) in [6.45, 7) is 0.264. The van der Waals surface area contributed by atoms with E-state index in [9.17, 15) is 9.59 Å². The minimum atomic E-state index is -0.985. The minimum absolute atomic E-state index is 0.204. The van der Waals surface area contributed by atoms with Crippen LogP contribution in [0.15, 0.2) is 96.8 Å². The molecule has 0 radical (unpaired) electrons. The van der Waals surface area contributed by atoms with E-state index < -0.39 is 5.97 Å². The van der Waals surface area contributed by atoms with Crippen molar-refractivity contribution in [2.75, 3.05) is 0 Å². The number of aromatic nitrogens is 3. The summed E-state index contributed by atoms with van der Waals surface area (Å²) in [6.07, 6.45) is 4.26. The molecule has 0 aliphatic carbocycles. The Bertz CT molecular complexity index is 1790. The Labute approximate surface area is 222 Å². The number of carbonyl (C=O) groups is 2. The van der Waals surface area contributed by atoms with Crippen LogP contribution in [0.5, 0.6) is 0 Å². The first-order valence-corrected chi connectivity index (χ1v) is 12.9. The number of carbonyl (C=O) groups excluding carboxylic acids is 1. The summed E-state index contributed by atoms with van der Waals surface area (Å²) in [6, 6.07) is 24.8. The Hall–Kier alpha value is -4.82. The highest BCUT2D eigenvalue weighted by atomic mass is 32.1. The molecule has 3 aromatic heterocycles. The van der Waals surface area contributed by atoms with Gasteiger partial charge in [0, 0.05) is 30.1 Å². The molecule has 3 heterocycles. The lowest BCUT2D eigenvalue weighted by Gasteiger charge is -2.11. The molecule has 6 aromatic rings. The first-order chi connectivity index (χ1) is 18.5. The Morgan fingerprint density at radius 1 is 0.921 bits per heavy atom. The van der Waals surface area contributed by atoms with Crippen LogP contribution in [0.1, 0.15) is 37.5 Å². The van der Waals surface area contributed by atoms with Crippen LogP contribution in [0.2, 0.25) is 0 Å². The maximum atomic E-state index is 13.5. The fourth-order valence-corrected chi connectivity index (χ4v) is 5.12. The van der Waals surface area contributed by atoms with E-state index in [0.717, 1.165) is 39.0 Å². The molecule has 0 atom stereocenters. The normalized spacial score (nSPS) is 11.2. The number of benzene rings is 3. The molecule has 2 N–H and O–H groups in total.